The van der Waals surface area contributed by atoms with Gasteiger partial charge in [0.05, 0.1) is 11.4 Å². The molecule has 4 aromatic rings. The first-order chi connectivity index (χ1) is 14.1. The van der Waals surface area contributed by atoms with Gasteiger partial charge in [0.1, 0.15) is 0 Å². The molecule has 0 aliphatic heterocycles. The standard InChI is InChI=1S/C11H9ClN2.C11H12N4/c1-8-4-2-3-5-9(8)10-6-7-11(12)14-13-10;1-8-4-2-3-5-9(8)10-6-7-11(13-12)15-14-10/h2-7H,1H3;2-7H,12H2,1H3,(H,13,15). The maximum atomic E-state index is 5.67. The summed E-state index contributed by atoms with van der Waals surface area (Å²) in [5.41, 5.74) is 8.71. The molecule has 29 heavy (non-hydrogen) atoms. The molecule has 3 N–H and O–H groups in total. The summed E-state index contributed by atoms with van der Waals surface area (Å²) in [6, 6.07) is 23.4. The average molecular weight is 405 g/mol. The Kier molecular flexibility index (Phi) is 6.84. The van der Waals surface area contributed by atoms with Crippen molar-refractivity contribution in [3.63, 3.8) is 0 Å². The predicted octanol–water partition coefficient (Wildman–Crippen LogP) is 4.84. The van der Waals surface area contributed by atoms with Crippen molar-refractivity contribution in [2.45, 2.75) is 13.8 Å². The zero-order valence-electron chi connectivity index (χ0n) is 16.2. The number of halogens is 1. The number of benzene rings is 2. The number of hydrogen-bond acceptors (Lipinski definition) is 6. The van der Waals surface area contributed by atoms with Gasteiger partial charge in [-0.05, 0) is 49.2 Å². The van der Waals surface area contributed by atoms with Crippen LogP contribution in [0.25, 0.3) is 22.5 Å². The van der Waals surface area contributed by atoms with Crippen molar-refractivity contribution in [1.29, 1.82) is 0 Å². The minimum atomic E-state index is 0.419. The van der Waals surface area contributed by atoms with Gasteiger partial charge in [0, 0.05) is 11.1 Å². The van der Waals surface area contributed by atoms with Gasteiger partial charge in [-0.25, -0.2) is 5.84 Å². The number of anilines is 1. The van der Waals surface area contributed by atoms with Crippen LogP contribution in [0, 0.1) is 13.8 Å². The summed E-state index contributed by atoms with van der Waals surface area (Å²) in [6.45, 7) is 4.09. The topological polar surface area (TPSA) is 89.6 Å². The summed E-state index contributed by atoms with van der Waals surface area (Å²) in [4.78, 5) is 0. The Morgan fingerprint density at radius 1 is 0.655 bits per heavy atom. The number of aromatic nitrogens is 4. The summed E-state index contributed by atoms with van der Waals surface area (Å²) >= 11 is 5.67. The van der Waals surface area contributed by atoms with Gasteiger partial charge < -0.3 is 5.43 Å². The van der Waals surface area contributed by atoms with E-state index in [2.05, 4.69) is 25.8 Å². The zero-order valence-corrected chi connectivity index (χ0v) is 16.9. The fourth-order valence-electron chi connectivity index (χ4n) is 2.73. The van der Waals surface area contributed by atoms with E-state index in [1.807, 2.05) is 74.5 Å². The summed E-state index contributed by atoms with van der Waals surface area (Å²) in [7, 11) is 0. The highest BCUT2D eigenvalue weighted by molar-refractivity contribution is 6.29. The summed E-state index contributed by atoms with van der Waals surface area (Å²) in [6.07, 6.45) is 0. The molecule has 0 saturated heterocycles. The van der Waals surface area contributed by atoms with Crippen LogP contribution in [0.4, 0.5) is 5.82 Å². The number of rotatable bonds is 3. The quantitative estimate of drug-likeness (QED) is 0.375. The van der Waals surface area contributed by atoms with Gasteiger partial charge in [0.25, 0.3) is 0 Å². The van der Waals surface area contributed by atoms with Crippen molar-refractivity contribution in [1.82, 2.24) is 20.4 Å². The lowest BCUT2D eigenvalue weighted by atomic mass is 10.1. The molecule has 146 valence electrons. The highest BCUT2D eigenvalue weighted by Crippen LogP contribution is 2.21. The first-order valence-electron chi connectivity index (χ1n) is 9.00. The zero-order chi connectivity index (χ0) is 20.6. The van der Waals surface area contributed by atoms with Crippen LogP contribution < -0.4 is 11.3 Å². The molecule has 0 amide bonds. The first-order valence-corrected chi connectivity index (χ1v) is 9.38. The van der Waals surface area contributed by atoms with Crippen molar-refractivity contribution in [3.8, 4) is 22.5 Å². The van der Waals surface area contributed by atoms with Crippen LogP contribution in [-0.2, 0) is 0 Å². The lowest BCUT2D eigenvalue weighted by Gasteiger charge is -2.04. The molecule has 0 unspecified atom stereocenters. The average Bonchev–Trinajstić information content (AvgIpc) is 2.76. The number of nitrogens with zero attached hydrogens (tertiary/aromatic N) is 4. The van der Waals surface area contributed by atoms with E-state index in [-0.39, 0.29) is 0 Å². The third-order valence-corrected chi connectivity index (χ3v) is 4.49. The molecule has 0 saturated carbocycles. The van der Waals surface area contributed by atoms with Gasteiger partial charge in [0.15, 0.2) is 11.0 Å². The van der Waals surface area contributed by atoms with Crippen molar-refractivity contribution in [3.05, 3.63) is 89.1 Å². The number of nitrogens with two attached hydrogens (primary N) is 1. The molecule has 2 heterocycles. The molecule has 0 bridgehead atoms. The largest absolute Gasteiger partial charge is 0.307 e. The second kappa shape index (κ2) is 9.73. The monoisotopic (exact) mass is 404 g/mol. The van der Waals surface area contributed by atoms with Gasteiger partial charge in [-0.1, -0.05) is 60.1 Å². The number of hydrazine groups is 1. The Morgan fingerprint density at radius 3 is 1.59 bits per heavy atom. The van der Waals surface area contributed by atoms with Gasteiger partial charge in [0.2, 0.25) is 0 Å². The molecule has 0 aliphatic carbocycles. The second-order valence-electron chi connectivity index (χ2n) is 6.32. The van der Waals surface area contributed by atoms with Gasteiger partial charge >= 0.3 is 0 Å². The molecular weight excluding hydrogens is 384 g/mol. The normalized spacial score (nSPS) is 10.1. The van der Waals surface area contributed by atoms with Gasteiger partial charge in [-0.3, -0.25) is 0 Å². The van der Waals surface area contributed by atoms with E-state index in [0.29, 0.717) is 11.0 Å². The minimum Gasteiger partial charge on any atom is -0.307 e. The van der Waals surface area contributed by atoms with Crippen molar-refractivity contribution < 1.29 is 0 Å². The fraction of sp³-hybridized carbons (Fsp3) is 0.0909. The third-order valence-electron chi connectivity index (χ3n) is 4.29. The van der Waals surface area contributed by atoms with E-state index < -0.39 is 0 Å². The predicted molar refractivity (Wildman–Crippen MR) is 117 cm³/mol. The van der Waals surface area contributed by atoms with Crippen LogP contribution in [0.15, 0.2) is 72.8 Å². The highest BCUT2D eigenvalue weighted by atomic mass is 35.5. The third kappa shape index (κ3) is 5.34. The number of hydrogen-bond donors (Lipinski definition) is 2. The second-order valence-corrected chi connectivity index (χ2v) is 6.71. The lowest BCUT2D eigenvalue weighted by molar-refractivity contribution is 1.02. The SMILES string of the molecule is Cc1ccccc1-c1ccc(Cl)nn1.Cc1ccccc1-c1ccc(NN)nn1. The molecule has 0 aliphatic rings. The van der Waals surface area contributed by atoms with E-state index in [0.717, 1.165) is 22.5 Å². The molecule has 2 aromatic carbocycles. The van der Waals surface area contributed by atoms with Crippen LogP contribution in [-0.4, -0.2) is 20.4 Å². The molecule has 6 nitrogen and oxygen atoms in total. The van der Waals surface area contributed by atoms with Crippen LogP contribution >= 0.6 is 11.6 Å². The van der Waals surface area contributed by atoms with Crippen LogP contribution in [0.2, 0.25) is 5.15 Å². The fourth-order valence-corrected chi connectivity index (χ4v) is 2.83. The Morgan fingerprint density at radius 2 is 1.17 bits per heavy atom. The van der Waals surface area contributed by atoms with Gasteiger partial charge in [-0.15, -0.1) is 20.4 Å². The molecule has 0 spiro atoms. The van der Waals surface area contributed by atoms with Crippen molar-refractivity contribution in [2.75, 3.05) is 5.43 Å². The summed E-state index contributed by atoms with van der Waals surface area (Å²) in [5, 5.41) is 16.3. The van der Waals surface area contributed by atoms with Gasteiger partial charge in [-0.2, -0.15) is 0 Å². The van der Waals surface area contributed by atoms with Crippen LogP contribution in [0.1, 0.15) is 11.1 Å². The van der Waals surface area contributed by atoms with E-state index in [1.54, 1.807) is 12.1 Å². The van der Waals surface area contributed by atoms with Crippen LogP contribution in [0.3, 0.4) is 0 Å². The van der Waals surface area contributed by atoms with E-state index in [1.165, 1.54) is 11.1 Å². The van der Waals surface area contributed by atoms with Crippen molar-refractivity contribution >= 4 is 17.4 Å². The number of aryl methyl sites for hydroxylation is 2. The maximum Gasteiger partial charge on any atom is 0.162 e. The summed E-state index contributed by atoms with van der Waals surface area (Å²) < 4.78 is 0. The van der Waals surface area contributed by atoms with Crippen molar-refractivity contribution in [2.24, 2.45) is 5.84 Å². The molecular formula is C22H21ClN6. The molecule has 0 radical (unpaired) electrons. The molecule has 0 atom stereocenters. The van der Waals surface area contributed by atoms with E-state index in [4.69, 9.17) is 17.4 Å². The first kappa shape index (κ1) is 20.4. The summed E-state index contributed by atoms with van der Waals surface area (Å²) in [5.74, 6) is 5.78. The number of nitrogens with one attached hydrogen (secondary N) is 1. The molecule has 0 fully saturated rings. The number of nitrogen functional groups attached to an aromatic ring is 1. The molecule has 4 rings (SSSR count). The Bertz CT molecular complexity index is 1070. The molecule has 2 aromatic heterocycles. The molecule has 7 heteroatoms. The Labute approximate surface area is 174 Å². The maximum absolute atomic E-state index is 5.67. The Hall–Kier alpha value is -3.35. The van der Waals surface area contributed by atoms with E-state index in [9.17, 15) is 0 Å². The van der Waals surface area contributed by atoms with E-state index >= 15 is 0 Å². The lowest BCUT2D eigenvalue weighted by Crippen LogP contribution is -2.09. The Balaban J connectivity index is 0.000000166. The highest BCUT2D eigenvalue weighted by Gasteiger charge is 2.03. The van der Waals surface area contributed by atoms with Crippen LogP contribution in [0.5, 0.6) is 0 Å². The smallest absolute Gasteiger partial charge is 0.162 e. The minimum absolute atomic E-state index is 0.419.